The van der Waals surface area contributed by atoms with E-state index in [1.165, 1.54) is 0 Å². The molecule has 1 rings (SSSR count). The number of likely N-dealkylation sites (tertiary alicyclic amines) is 1. The van der Waals surface area contributed by atoms with Crippen molar-refractivity contribution in [3.8, 4) is 0 Å². The van der Waals surface area contributed by atoms with Gasteiger partial charge in [-0.05, 0) is 47.5 Å². The van der Waals surface area contributed by atoms with Crippen molar-refractivity contribution in [2.45, 2.75) is 71.6 Å². The highest BCUT2D eigenvalue weighted by Crippen LogP contribution is 2.15. The fraction of sp³-hybridized carbons (Fsp3) is 0.875. The van der Waals surface area contributed by atoms with Crippen molar-refractivity contribution in [1.82, 2.24) is 15.5 Å². The van der Waals surface area contributed by atoms with Gasteiger partial charge in [0.15, 0.2) is 0 Å². The van der Waals surface area contributed by atoms with Crippen LogP contribution in [0.1, 0.15) is 53.9 Å². The number of rotatable bonds is 5. The lowest BCUT2D eigenvalue weighted by Gasteiger charge is -2.33. The maximum absolute atomic E-state index is 12.0. The van der Waals surface area contributed by atoms with Gasteiger partial charge in [-0.2, -0.15) is 0 Å². The predicted octanol–water partition coefficient (Wildman–Crippen LogP) is 1.89. The van der Waals surface area contributed by atoms with Crippen LogP contribution >= 0.6 is 0 Å². The molecule has 0 aromatic carbocycles. The molecule has 0 radical (unpaired) electrons. The monoisotopic (exact) mass is 313 g/mol. The van der Waals surface area contributed by atoms with Gasteiger partial charge in [0.25, 0.3) is 0 Å². The van der Waals surface area contributed by atoms with E-state index in [-0.39, 0.29) is 18.0 Å². The van der Waals surface area contributed by atoms with E-state index < -0.39 is 5.60 Å². The van der Waals surface area contributed by atoms with Crippen molar-refractivity contribution in [1.29, 1.82) is 0 Å². The first-order chi connectivity index (χ1) is 10.2. The molecule has 1 saturated heterocycles. The molecule has 6 nitrogen and oxygen atoms in total. The lowest BCUT2D eigenvalue weighted by Crippen LogP contribution is -2.47. The van der Waals surface area contributed by atoms with Gasteiger partial charge in [-0.25, -0.2) is 4.79 Å². The molecule has 0 aliphatic carbocycles. The minimum atomic E-state index is -0.448. The molecule has 0 saturated carbocycles. The van der Waals surface area contributed by atoms with Gasteiger partial charge in [-0.1, -0.05) is 0 Å². The summed E-state index contributed by atoms with van der Waals surface area (Å²) in [5.41, 5.74) is -0.448. The van der Waals surface area contributed by atoms with Crippen LogP contribution in [-0.2, 0) is 9.53 Å². The van der Waals surface area contributed by atoms with Gasteiger partial charge in [0, 0.05) is 38.1 Å². The molecule has 1 heterocycles. The Hall–Kier alpha value is -1.30. The van der Waals surface area contributed by atoms with Gasteiger partial charge in [0.05, 0.1) is 0 Å². The Labute approximate surface area is 134 Å². The zero-order valence-electron chi connectivity index (χ0n) is 14.6. The molecule has 0 spiro atoms. The Bertz CT molecular complexity index is 369. The molecule has 1 fully saturated rings. The smallest absolute Gasteiger partial charge is 0.410 e. The van der Waals surface area contributed by atoms with Crippen LogP contribution in [0.5, 0.6) is 0 Å². The SMILES string of the molecule is CC(C)NC(=O)CCNC1CCN(C(=O)OC(C)(C)C)CC1. The molecule has 22 heavy (non-hydrogen) atoms. The van der Waals surface area contributed by atoms with Gasteiger partial charge >= 0.3 is 6.09 Å². The molecule has 2 amide bonds. The van der Waals surface area contributed by atoms with Gasteiger partial charge in [-0.15, -0.1) is 0 Å². The Balaban J connectivity index is 2.20. The van der Waals surface area contributed by atoms with Crippen LogP contribution in [0.15, 0.2) is 0 Å². The molecule has 128 valence electrons. The number of carbonyl (C=O) groups excluding carboxylic acids is 2. The molecule has 0 aromatic heterocycles. The quantitative estimate of drug-likeness (QED) is 0.813. The topological polar surface area (TPSA) is 70.7 Å². The van der Waals surface area contributed by atoms with Gasteiger partial charge in [-0.3, -0.25) is 4.79 Å². The zero-order valence-corrected chi connectivity index (χ0v) is 14.6. The summed E-state index contributed by atoms with van der Waals surface area (Å²) in [6.07, 6.45) is 2.04. The minimum Gasteiger partial charge on any atom is -0.444 e. The summed E-state index contributed by atoms with van der Waals surface area (Å²) in [5, 5.41) is 6.27. The molecule has 0 unspecified atom stereocenters. The summed E-state index contributed by atoms with van der Waals surface area (Å²) < 4.78 is 5.38. The van der Waals surface area contributed by atoms with E-state index in [4.69, 9.17) is 4.74 Å². The van der Waals surface area contributed by atoms with Crippen molar-refractivity contribution in [3.63, 3.8) is 0 Å². The highest BCUT2D eigenvalue weighted by Gasteiger charge is 2.26. The molecule has 0 atom stereocenters. The highest BCUT2D eigenvalue weighted by molar-refractivity contribution is 5.76. The van der Waals surface area contributed by atoms with Crippen molar-refractivity contribution in [3.05, 3.63) is 0 Å². The molecular weight excluding hydrogens is 282 g/mol. The van der Waals surface area contributed by atoms with Crippen molar-refractivity contribution in [2.75, 3.05) is 19.6 Å². The van der Waals surface area contributed by atoms with Crippen molar-refractivity contribution in [2.24, 2.45) is 0 Å². The van der Waals surface area contributed by atoms with Crippen LogP contribution in [0.3, 0.4) is 0 Å². The highest BCUT2D eigenvalue weighted by atomic mass is 16.6. The van der Waals surface area contributed by atoms with Crippen LogP contribution in [-0.4, -0.2) is 54.2 Å². The Kier molecular flexibility index (Phi) is 7.13. The van der Waals surface area contributed by atoms with E-state index >= 15 is 0 Å². The molecule has 0 aromatic rings. The third-order valence-corrected chi connectivity index (χ3v) is 3.38. The summed E-state index contributed by atoms with van der Waals surface area (Å²) in [5.74, 6) is 0.0775. The van der Waals surface area contributed by atoms with E-state index in [2.05, 4.69) is 10.6 Å². The van der Waals surface area contributed by atoms with E-state index in [9.17, 15) is 9.59 Å². The zero-order chi connectivity index (χ0) is 16.8. The summed E-state index contributed by atoms with van der Waals surface area (Å²) in [7, 11) is 0. The number of nitrogens with one attached hydrogen (secondary N) is 2. The average Bonchev–Trinajstić information content (AvgIpc) is 2.36. The van der Waals surface area contributed by atoms with Gasteiger partial charge < -0.3 is 20.3 Å². The Morgan fingerprint density at radius 1 is 1.23 bits per heavy atom. The second-order valence-corrected chi connectivity index (χ2v) is 7.17. The summed E-state index contributed by atoms with van der Waals surface area (Å²) >= 11 is 0. The first kappa shape index (κ1) is 18.7. The number of nitrogens with zero attached hydrogens (tertiary/aromatic N) is 1. The van der Waals surface area contributed by atoms with Crippen molar-refractivity contribution >= 4 is 12.0 Å². The number of carbonyl (C=O) groups is 2. The first-order valence-corrected chi connectivity index (χ1v) is 8.18. The van der Waals surface area contributed by atoms with E-state index in [1.807, 2.05) is 34.6 Å². The minimum absolute atomic E-state index is 0.0775. The maximum atomic E-state index is 12.0. The fourth-order valence-corrected chi connectivity index (χ4v) is 2.38. The van der Waals surface area contributed by atoms with Crippen LogP contribution in [0, 0.1) is 0 Å². The normalized spacial score (nSPS) is 16.7. The molecule has 1 aliphatic rings. The van der Waals surface area contributed by atoms with E-state index in [1.54, 1.807) is 4.90 Å². The van der Waals surface area contributed by atoms with Gasteiger partial charge in [0.1, 0.15) is 5.60 Å². The largest absolute Gasteiger partial charge is 0.444 e. The third kappa shape index (κ3) is 7.64. The summed E-state index contributed by atoms with van der Waals surface area (Å²) in [6, 6.07) is 0.551. The number of amides is 2. The molecular formula is C16H31N3O3. The fourth-order valence-electron chi connectivity index (χ4n) is 2.38. The van der Waals surface area contributed by atoms with Crippen molar-refractivity contribution < 1.29 is 14.3 Å². The third-order valence-electron chi connectivity index (χ3n) is 3.38. The van der Waals surface area contributed by atoms with E-state index in [0.29, 0.717) is 32.1 Å². The van der Waals surface area contributed by atoms with Crippen LogP contribution in [0.4, 0.5) is 4.79 Å². The second-order valence-electron chi connectivity index (χ2n) is 7.17. The van der Waals surface area contributed by atoms with E-state index in [0.717, 1.165) is 12.8 Å². The standard InChI is InChI=1S/C16H31N3O3/c1-12(2)18-14(20)6-9-17-13-7-10-19(11-8-13)15(21)22-16(3,4)5/h12-13,17H,6-11H2,1-5H3,(H,18,20). The van der Waals surface area contributed by atoms with Crippen LogP contribution < -0.4 is 10.6 Å². The predicted molar refractivity (Wildman–Crippen MR) is 86.7 cm³/mol. The second kappa shape index (κ2) is 8.36. The number of ether oxygens (including phenoxy) is 1. The van der Waals surface area contributed by atoms with Gasteiger partial charge in [0.2, 0.25) is 5.91 Å². The molecule has 2 N–H and O–H groups in total. The lowest BCUT2D eigenvalue weighted by atomic mass is 10.1. The molecule has 1 aliphatic heterocycles. The summed E-state index contributed by atoms with van der Waals surface area (Å²) in [6.45, 7) is 11.6. The molecule has 6 heteroatoms. The van der Waals surface area contributed by atoms with Crippen LogP contribution in [0.2, 0.25) is 0 Å². The number of hydrogen-bond acceptors (Lipinski definition) is 4. The first-order valence-electron chi connectivity index (χ1n) is 8.18. The average molecular weight is 313 g/mol. The lowest BCUT2D eigenvalue weighted by molar-refractivity contribution is -0.121. The Morgan fingerprint density at radius 3 is 2.32 bits per heavy atom. The van der Waals surface area contributed by atoms with Crippen LogP contribution in [0.25, 0.3) is 0 Å². The Morgan fingerprint density at radius 2 is 1.82 bits per heavy atom. The number of piperidine rings is 1. The summed E-state index contributed by atoms with van der Waals surface area (Å²) in [4.78, 5) is 25.3. The molecule has 0 bridgehead atoms. The number of hydrogen-bond donors (Lipinski definition) is 2. The maximum Gasteiger partial charge on any atom is 0.410 e.